The summed E-state index contributed by atoms with van der Waals surface area (Å²) in [5.41, 5.74) is 1.39. The number of aromatic nitrogens is 4. The lowest BCUT2D eigenvalue weighted by molar-refractivity contribution is 0.626. The lowest BCUT2D eigenvalue weighted by Crippen LogP contribution is -2.26. The van der Waals surface area contributed by atoms with Gasteiger partial charge in [-0.15, -0.1) is 16.4 Å². The van der Waals surface area contributed by atoms with Gasteiger partial charge >= 0.3 is 5.69 Å². The predicted octanol–water partition coefficient (Wildman–Crippen LogP) is 3.76. The molecular formula is C21H14ClFN4O2S. The molecule has 0 unspecified atom stereocenters. The van der Waals surface area contributed by atoms with Gasteiger partial charge in [0.25, 0.3) is 5.56 Å². The first kappa shape index (κ1) is 18.8. The zero-order chi connectivity index (χ0) is 20.8. The molecule has 0 N–H and O–H groups in total. The molecule has 0 bridgehead atoms. The third kappa shape index (κ3) is 3.05. The summed E-state index contributed by atoms with van der Waals surface area (Å²) in [4.78, 5) is 26.3. The van der Waals surface area contributed by atoms with Crippen molar-refractivity contribution in [2.75, 3.05) is 0 Å². The number of rotatable bonds is 4. The molecule has 2 aromatic carbocycles. The van der Waals surface area contributed by atoms with Crippen LogP contribution in [0.3, 0.4) is 0 Å². The SMILES string of the molecule is O=c1c2sccc2n2c(=O)n(Cc3ccccc3Cl)nc2n1Cc1ccc(F)cc1. The van der Waals surface area contributed by atoms with Gasteiger partial charge in [0.1, 0.15) is 10.5 Å². The van der Waals surface area contributed by atoms with E-state index in [1.807, 2.05) is 18.2 Å². The minimum atomic E-state index is -0.360. The maximum Gasteiger partial charge on any atom is 0.352 e. The lowest BCUT2D eigenvalue weighted by atomic mass is 10.2. The number of hydrogen-bond donors (Lipinski definition) is 0. The van der Waals surface area contributed by atoms with Crippen molar-refractivity contribution in [1.29, 1.82) is 0 Å². The van der Waals surface area contributed by atoms with Crippen molar-refractivity contribution in [3.63, 3.8) is 0 Å². The van der Waals surface area contributed by atoms with Crippen LogP contribution in [0, 0.1) is 5.82 Å². The summed E-state index contributed by atoms with van der Waals surface area (Å²) in [6, 6.07) is 14.8. The summed E-state index contributed by atoms with van der Waals surface area (Å²) < 4.78 is 17.9. The number of halogens is 2. The van der Waals surface area contributed by atoms with Crippen molar-refractivity contribution in [3.05, 3.63) is 103 Å². The topological polar surface area (TPSA) is 61.3 Å². The highest BCUT2D eigenvalue weighted by Gasteiger charge is 2.19. The monoisotopic (exact) mass is 440 g/mol. The third-order valence-corrected chi connectivity index (χ3v) is 6.18. The van der Waals surface area contributed by atoms with Crippen molar-refractivity contribution >= 4 is 38.9 Å². The number of fused-ring (bicyclic) bond motifs is 3. The molecule has 0 aliphatic rings. The molecule has 30 heavy (non-hydrogen) atoms. The zero-order valence-corrected chi connectivity index (χ0v) is 17.0. The van der Waals surface area contributed by atoms with Crippen LogP contribution in [0.15, 0.2) is 69.6 Å². The molecule has 3 aromatic heterocycles. The number of thiophene rings is 1. The highest BCUT2D eigenvalue weighted by molar-refractivity contribution is 7.17. The fourth-order valence-corrected chi connectivity index (χ4v) is 4.46. The summed E-state index contributed by atoms with van der Waals surface area (Å²) in [6.07, 6.45) is 0. The first-order valence-corrected chi connectivity index (χ1v) is 10.4. The molecule has 150 valence electrons. The van der Waals surface area contributed by atoms with E-state index in [4.69, 9.17) is 11.6 Å². The zero-order valence-electron chi connectivity index (χ0n) is 15.5. The summed E-state index contributed by atoms with van der Waals surface area (Å²) in [5, 5.41) is 6.76. The molecule has 0 saturated carbocycles. The molecule has 0 radical (unpaired) electrons. The number of benzene rings is 2. The van der Waals surface area contributed by atoms with Crippen molar-refractivity contribution in [3.8, 4) is 0 Å². The highest BCUT2D eigenvalue weighted by Crippen LogP contribution is 2.19. The fourth-order valence-electron chi connectivity index (χ4n) is 3.44. The molecule has 0 aliphatic carbocycles. The van der Waals surface area contributed by atoms with Crippen LogP contribution in [0.2, 0.25) is 5.02 Å². The molecule has 5 aromatic rings. The van der Waals surface area contributed by atoms with E-state index in [-0.39, 0.29) is 35.9 Å². The van der Waals surface area contributed by atoms with E-state index in [0.29, 0.717) is 15.2 Å². The predicted molar refractivity (Wildman–Crippen MR) is 115 cm³/mol. The van der Waals surface area contributed by atoms with Gasteiger partial charge in [-0.05, 0) is 40.8 Å². The van der Waals surface area contributed by atoms with E-state index in [2.05, 4.69) is 5.10 Å². The second-order valence-electron chi connectivity index (χ2n) is 6.82. The first-order chi connectivity index (χ1) is 14.5. The summed E-state index contributed by atoms with van der Waals surface area (Å²) in [6.45, 7) is 0.343. The van der Waals surface area contributed by atoms with E-state index in [1.165, 1.54) is 37.1 Å². The fraction of sp³-hybridized carbons (Fsp3) is 0.0952. The van der Waals surface area contributed by atoms with Crippen LogP contribution in [0.1, 0.15) is 11.1 Å². The summed E-state index contributed by atoms with van der Waals surface area (Å²) in [7, 11) is 0. The van der Waals surface area contributed by atoms with E-state index < -0.39 is 0 Å². The van der Waals surface area contributed by atoms with Crippen molar-refractivity contribution < 1.29 is 4.39 Å². The average Bonchev–Trinajstić information content (AvgIpc) is 3.34. The van der Waals surface area contributed by atoms with Gasteiger partial charge in [-0.3, -0.25) is 9.36 Å². The van der Waals surface area contributed by atoms with Crippen molar-refractivity contribution in [2.45, 2.75) is 13.1 Å². The van der Waals surface area contributed by atoms with Gasteiger partial charge in [0.15, 0.2) is 0 Å². The molecule has 0 saturated heterocycles. The minimum absolute atomic E-state index is 0.166. The van der Waals surface area contributed by atoms with E-state index in [1.54, 1.807) is 29.6 Å². The van der Waals surface area contributed by atoms with Gasteiger partial charge in [0, 0.05) is 5.02 Å². The second kappa shape index (κ2) is 7.23. The Morgan fingerprint density at radius 2 is 1.77 bits per heavy atom. The Morgan fingerprint density at radius 3 is 2.53 bits per heavy atom. The second-order valence-corrected chi connectivity index (χ2v) is 8.14. The van der Waals surface area contributed by atoms with E-state index in [9.17, 15) is 14.0 Å². The van der Waals surface area contributed by atoms with Gasteiger partial charge in [0.05, 0.1) is 18.6 Å². The van der Waals surface area contributed by atoms with Gasteiger partial charge in [-0.25, -0.2) is 18.3 Å². The van der Waals surface area contributed by atoms with Crippen LogP contribution in [0.5, 0.6) is 0 Å². The molecule has 0 atom stereocenters. The van der Waals surface area contributed by atoms with Crippen molar-refractivity contribution in [2.24, 2.45) is 0 Å². The molecule has 0 amide bonds. The molecule has 0 fully saturated rings. The molecule has 5 rings (SSSR count). The Kier molecular flexibility index (Phi) is 4.52. The number of hydrogen-bond acceptors (Lipinski definition) is 4. The Bertz CT molecular complexity index is 1510. The Hall–Kier alpha value is -3.23. The standard InChI is InChI=1S/C21H14ClFN4O2S/c22-16-4-2-1-3-14(16)12-26-21(29)27-17-9-10-30-18(17)19(28)25(20(27)24-26)11-13-5-7-15(23)8-6-13/h1-10H,11-12H2. The lowest BCUT2D eigenvalue weighted by Gasteiger charge is -2.08. The maximum absolute atomic E-state index is 13.3. The third-order valence-electron chi connectivity index (χ3n) is 4.92. The average molecular weight is 441 g/mol. The molecule has 3 heterocycles. The molecule has 0 spiro atoms. The van der Waals surface area contributed by atoms with Crippen LogP contribution in [0.4, 0.5) is 4.39 Å². The highest BCUT2D eigenvalue weighted by atomic mass is 35.5. The Labute approximate surface area is 178 Å². The van der Waals surface area contributed by atoms with E-state index >= 15 is 0 Å². The van der Waals surface area contributed by atoms with Crippen molar-refractivity contribution in [1.82, 2.24) is 18.7 Å². The van der Waals surface area contributed by atoms with Gasteiger partial charge in [-0.2, -0.15) is 0 Å². The summed E-state index contributed by atoms with van der Waals surface area (Å²) >= 11 is 7.51. The quantitative estimate of drug-likeness (QED) is 0.427. The normalized spacial score (nSPS) is 11.5. The number of nitrogens with zero attached hydrogens (tertiary/aromatic N) is 4. The first-order valence-electron chi connectivity index (χ1n) is 9.10. The van der Waals surface area contributed by atoms with Crippen LogP contribution >= 0.6 is 22.9 Å². The molecule has 0 aliphatic heterocycles. The van der Waals surface area contributed by atoms with Gasteiger partial charge < -0.3 is 0 Å². The molecule has 6 nitrogen and oxygen atoms in total. The molecule has 9 heteroatoms. The summed E-state index contributed by atoms with van der Waals surface area (Å²) in [5.74, 6) is -0.127. The van der Waals surface area contributed by atoms with Crippen LogP contribution in [-0.4, -0.2) is 18.7 Å². The van der Waals surface area contributed by atoms with Crippen LogP contribution in [0.25, 0.3) is 16.0 Å². The van der Waals surface area contributed by atoms with Gasteiger partial charge in [0.2, 0.25) is 5.78 Å². The largest absolute Gasteiger partial charge is 0.352 e. The minimum Gasteiger partial charge on any atom is -0.271 e. The Morgan fingerprint density at radius 1 is 1.00 bits per heavy atom. The van der Waals surface area contributed by atoms with E-state index in [0.717, 1.165) is 11.1 Å². The van der Waals surface area contributed by atoms with Crippen LogP contribution in [-0.2, 0) is 13.1 Å². The maximum atomic E-state index is 13.3. The smallest absolute Gasteiger partial charge is 0.271 e. The van der Waals surface area contributed by atoms with Crippen LogP contribution < -0.4 is 11.2 Å². The molecular weight excluding hydrogens is 427 g/mol. The Balaban J connectivity index is 1.73. The van der Waals surface area contributed by atoms with Gasteiger partial charge in [-0.1, -0.05) is 41.9 Å².